The first-order valence-electron chi connectivity index (χ1n) is 9.59. The molecule has 8 heteroatoms. The number of amides is 2. The number of hydrogen-bond acceptors (Lipinski definition) is 4. The van der Waals surface area contributed by atoms with Crippen LogP contribution in [0.1, 0.15) is 23.2 Å². The van der Waals surface area contributed by atoms with Crippen LogP contribution in [0.25, 0.3) is 0 Å². The molecule has 2 atom stereocenters. The average Bonchev–Trinajstić information content (AvgIpc) is 3.32. The average molecular weight is 433 g/mol. The number of aromatic nitrogens is 1. The lowest BCUT2D eigenvalue weighted by Gasteiger charge is -2.20. The highest BCUT2D eigenvalue weighted by Gasteiger charge is 2.30. The Bertz CT molecular complexity index is 948. The largest absolute Gasteiger partial charge is 0.380 e. The van der Waals surface area contributed by atoms with Gasteiger partial charge in [-0.2, -0.15) is 0 Å². The lowest BCUT2D eigenvalue weighted by atomic mass is 10.1. The number of rotatable bonds is 5. The number of nitrogens with one attached hydrogen (secondary N) is 2. The second-order valence-electron chi connectivity index (χ2n) is 7.69. The van der Waals surface area contributed by atoms with Crippen LogP contribution in [0.3, 0.4) is 0 Å². The van der Waals surface area contributed by atoms with Gasteiger partial charge in [0.15, 0.2) is 0 Å². The summed E-state index contributed by atoms with van der Waals surface area (Å²) < 4.78 is 0. The van der Waals surface area contributed by atoms with Gasteiger partial charge in [-0.3, -0.25) is 14.6 Å². The first kappa shape index (κ1) is 20.0. The summed E-state index contributed by atoms with van der Waals surface area (Å²) in [4.78, 5) is 29.8. The number of nitrogens with zero attached hydrogens (tertiary/aromatic N) is 2. The molecule has 2 aliphatic rings. The van der Waals surface area contributed by atoms with E-state index in [0.717, 1.165) is 29.8 Å². The smallest absolute Gasteiger partial charge is 0.228 e. The lowest BCUT2D eigenvalue weighted by molar-refractivity contribution is -0.135. The minimum atomic E-state index is -0.280. The van der Waals surface area contributed by atoms with Gasteiger partial charge in [0.25, 0.3) is 0 Å². The normalized spacial score (nSPS) is 20.3. The number of pyridine rings is 1. The zero-order chi connectivity index (χ0) is 20.5. The molecule has 1 saturated heterocycles. The zero-order valence-corrected chi connectivity index (χ0v) is 17.6. The number of halogens is 2. The van der Waals surface area contributed by atoms with Crippen molar-refractivity contribution in [2.45, 2.75) is 31.8 Å². The van der Waals surface area contributed by atoms with Gasteiger partial charge in [0.1, 0.15) is 0 Å². The molecular weight excluding hydrogens is 411 g/mol. The van der Waals surface area contributed by atoms with Crippen LogP contribution in [-0.2, 0) is 29.0 Å². The molecule has 1 fully saturated rings. The number of fused-ring (bicyclic) bond motifs is 1. The second kappa shape index (κ2) is 8.20. The van der Waals surface area contributed by atoms with Crippen molar-refractivity contribution in [3.8, 4) is 0 Å². The molecule has 2 N–H and O–H groups in total. The van der Waals surface area contributed by atoms with Gasteiger partial charge < -0.3 is 15.5 Å². The van der Waals surface area contributed by atoms with Crippen molar-refractivity contribution in [3.05, 3.63) is 57.3 Å². The Labute approximate surface area is 179 Å². The topological polar surface area (TPSA) is 74.3 Å². The molecule has 2 unspecified atom stereocenters. The van der Waals surface area contributed by atoms with Crippen molar-refractivity contribution in [2.75, 3.05) is 18.9 Å². The summed E-state index contributed by atoms with van der Waals surface area (Å²) in [6, 6.07) is 8.00. The Morgan fingerprint density at radius 3 is 2.76 bits per heavy atom. The predicted molar refractivity (Wildman–Crippen MR) is 113 cm³/mol. The van der Waals surface area contributed by atoms with Crippen LogP contribution in [-0.4, -0.2) is 41.3 Å². The van der Waals surface area contributed by atoms with Crippen molar-refractivity contribution in [1.29, 1.82) is 0 Å². The molecular formula is C21H22Cl2N4O2. The summed E-state index contributed by atoms with van der Waals surface area (Å²) >= 11 is 12.4. The number of benzene rings is 1. The standard InChI is InChI=1S/C21H22Cl2N4O2/c1-27(21(29)13-7-19(28)25-9-13)11-15-4-3-14(10-24-15)26-16-6-12-2-5-18(22)20(23)17(12)8-16/h2-5,10,13,16,26H,6-9,11H2,1H3,(H,25,28). The second-order valence-corrected chi connectivity index (χ2v) is 8.47. The maximum atomic E-state index is 12.4. The first-order chi connectivity index (χ1) is 13.9. The van der Waals surface area contributed by atoms with Gasteiger partial charge >= 0.3 is 0 Å². The molecule has 2 heterocycles. The molecule has 0 saturated carbocycles. The lowest BCUT2D eigenvalue weighted by Crippen LogP contribution is -2.33. The minimum Gasteiger partial charge on any atom is -0.380 e. The van der Waals surface area contributed by atoms with Crippen LogP contribution in [0.15, 0.2) is 30.5 Å². The summed E-state index contributed by atoms with van der Waals surface area (Å²) in [5.74, 6) is -0.382. The molecule has 1 aromatic carbocycles. The van der Waals surface area contributed by atoms with Crippen LogP contribution >= 0.6 is 23.2 Å². The highest BCUT2D eigenvalue weighted by Crippen LogP contribution is 2.35. The third-order valence-corrected chi connectivity index (χ3v) is 6.35. The minimum absolute atomic E-state index is 0.0355. The van der Waals surface area contributed by atoms with Crippen LogP contribution < -0.4 is 10.6 Å². The van der Waals surface area contributed by atoms with Gasteiger partial charge in [0, 0.05) is 26.1 Å². The SMILES string of the molecule is CN(Cc1ccc(NC2Cc3ccc(Cl)c(Cl)c3C2)cn1)C(=O)C1CNC(=O)C1. The third kappa shape index (κ3) is 4.33. The van der Waals surface area contributed by atoms with Gasteiger partial charge in [0.05, 0.1) is 40.1 Å². The van der Waals surface area contributed by atoms with E-state index >= 15 is 0 Å². The number of carbonyl (C=O) groups is 2. The fourth-order valence-electron chi connectivity index (χ4n) is 3.98. The molecule has 1 aliphatic carbocycles. The van der Waals surface area contributed by atoms with Crippen LogP contribution in [0.2, 0.25) is 10.0 Å². The van der Waals surface area contributed by atoms with Crippen molar-refractivity contribution >= 4 is 40.7 Å². The van der Waals surface area contributed by atoms with Gasteiger partial charge in [-0.05, 0) is 42.2 Å². The fourth-order valence-corrected chi connectivity index (χ4v) is 4.42. The van der Waals surface area contributed by atoms with Gasteiger partial charge in [-0.15, -0.1) is 0 Å². The summed E-state index contributed by atoms with van der Waals surface area (Å²) in [6.45, 7) is 0.823. The molecule has 2 amide bonds. The van der Waals surface area contributed by atoms with E-state index in [-0.39, 0.29) is 30.2 Å². The van der Waals surface area contributed by atoms with Crippen molar-refractivity contribution in [1.82, 2.24) is 15.2 Å². The molecule has 2 aromatic rings. The Morgan fingerprint density at radius 1 is 1.24 bits per heavy atom. The summed E-state index contributed by atoms with van der Waals surface area (Å²) in [6.07, 6.45) is 3.76. The van der Waals surface area contributed by atoms with E-state index in [1.807, 2.05) is 24.3 Å². The summed E-state index contributed by atoms with van der Waals surface area (Å²) in [5, 5.41) is 7.43. The molecule has 1 aliphatic heterocycles. The van der Waals surface area contributed by atoms with Crippen LogP contribution in [0.4, 0.5) is 5.69 Å². The Kier molecular flexibility index (Phi) is 5.65. The van der Waals surface area contributed by atoms with Gasteiger partial charge in [-0.25, -0.2) is 0 Å². The predicted octanol–water partition coefficient (Wildman–Crippen LogP) is 3.06. The van der Waals surface area contributed by atoms with E-state index in [9.17, 15) is 9.59 Å². The molecule has 0 radical (unpaired) electrons. The van der Waals surface area contributed by atoms with E-state index in [1.165, 1.54) is 5.56 Å². The van der Waals surface area contributed by atoms with Crippen LogP contribution in [0.5, 0.6) is 0 Å². The summed E-state index contributed by atoms with van der Waals surface area (Å²) in [7, 11) is 1.74. The highest BCUT2D eigenvalue weighted by molar-refractivity contribution is 6.42. The Morgan fingerprint density at radius 2 is 2.07 bits per heavy atom. The number of hydrogen-bond donors (Lipinski definition) is 2. The number of carbonyl (C=O) groups excluding carboxylic acids is 2. The zero-order valence-electron chi connectivity index (χ0n) is 16.0. The maximum absolute atomic E-state index is 12.4. The molecule has 0 spiro atoms. The monoisotopic (exact) mass is 432 g/mol. The van der Waals surface area contributed by atoms with Crippen LogP contribution in [0, 0.1) is 5.92 Å². The van der Waals surface area contributed by atoms with E-state index in [1.54, 1.807) is 18.1 Å². The molecule has 0 bridgehead atoms. The quantitative estimate of drug-likeness (QED) is 0.760. The maximum Gasteiger partial charge on any atom is 0.228 e. The molecule has 29 heavy (non-hydrogen) atoms. The van der Waals surface area contributed by atoms with E-state index in [4.69, 9.17) is 23.2 Å². The molecule has 6 nitrogen and oxygen atoms in total. The molecule has 1 aromatic heterocycles. The first-order valence-corrected chi connectivity index (χ1v) is 10.3. The fraction of sp³-hybridized carbons (Fsp3) is 0.381. The van der Waals surface area contributed by atoms with E-state index < -0.39 is 0 Å². The van der Waals surface area contributed by atoms with E-state index in [0.29, 0.717) is 23.1 Å². The molecule has 152 valence electrons. The van der Waals surface area contributed by atoms with Gasteiger partial charge in [0.2, 0.25) is 11.8 Å². The van der Waals surface area contributed by atoms with Crippen molar-refractivity contribution < 1.29 is 9.59 Å². The van der Waals surface area contributed by atoms with Crippen molar-refractivity contribution in [3.63, 3.8) is 0 Å². The van der Waals surface area contributed by atoms with Gasteiger partial charge in [-0.1, -0.05) is 29.3 Å². The van der Waals surface area contributed by atoms with Crippen molar-refractivity contribution in [2.24, 2.45) is 5.92 Å². The summed E-state index contributed by atoms with van der Waals surface area (Å²) in [5.41, 5.74) is 4.06. The Balaban J connectivity index is 1.33. The third-order valence-electron chi connectivity index (χ3n) is 5.51. The number of anilines is 1. The van der Waals surface area contributed by atoms with E-state index in [2.05, 4.69) is 15.6 Å². The highest BCUT2D eigenvalue weighted by atomic mass is 35.5. The molecule has 4 rings (SSSR count). The Hall–Kier alpha value is -2.31.